The predicted molar refractivity (Wildman–Crippen MR) is 76.6 cm³/mol. The van der Waals surface area contributed by atoms with E-state index in [9.17, 15) is 19.8 Å². The molecule has 0 amide bonds. The van der Waals surface area contributed by atoms with Crippen molar-refractivity contribution in [1.82, 2.24) is 0 Å². The van der Waals surface area contributed by atoms with Crippen LogP contribution in [-0.4, -0.2) is 27.0 Å². The molecule has 5 heteroatoms. The maximum absolute atomic E-state index is 11.5. The third-order valence-electron chi connectivity index (χ3n) is 6.48. The second-order valence-corrected chi connectivity index (χ2v) is 8.50. The fraction of sp³-hybridized carbons (Fsp3) is 0.867. The molecule has 20 heavy (non-hydrogen) atoms. The zero-order valence-corrected chi connectivity index (χ0v) is 13.4. The van der Waals surface area contributed by atoms with Gasteiger partial charge < -0.3 is 10.2 Å². The molecule has 6 atom stereocenters. The first-order chi connectivity index (χ1) is 9.20. The monoisotopic (exact) mass is 344 g/mol. The van der Waals surface area contributed by atoms with E-state index in [1.807, 2.05) is 0 Å². The Morgan fingerprint density at radius 2 is 1.60 bits per heavy atom. The standard InChI is InChI=1S/C15H21BrO4/c1-14(2)8-3-7-4-9(11(17)18)10(12(19)20)6-15(7,5-8)13(14)16/h7-10,13H,3-6H2,1-2H3,(H,17,18)(H,19,20)/t7-,8-,9+,10-,13-,15-/m1/s1. The van der Waals surface area contributed by atoms with Crippen LogP contribution in [0.2, 0.25) is 0 Å². The average molecular weight is 345 g/mol. The minimum absolute atomic E-state index is 0.0107. The van der Waals surface area contributed by atoms with E-state index in [1.54, 1.807) is 0 Å². The summed E-state index contributed by atoms with van der Waals surface area (Å²) in [7, 11) is 0. The smallest absolute Gasteiger partial charge is 0.307 e. The van der Waals surface area contributed by atoms with Crippen molar-refractivity contribution in [2.24, 2.45) is 34.5 Å². The Labute approximate surface area is 127 Å². The van der Waals surface area contributed by atoms with Crippen molar-refractivity contribution < 1.29 is 19.8 Å². The van der Waals surface area contributed by atoms with E-state index in [-0.39, 0.29) is 10.8 Å². The van der Waals surface area contributed by atoms with Gasteiger partial charge in [0.25, 0.3) is 0 Å². The maximum Gasteiger partial charge on any atom is 0.307 e. The highest BCUT2D eigenvalue weighted by Crippen LogP contribution is 2.72. The Kier molecular flexibility index (Phi) is 3.03. The van der Waals surface area contributed by atoms with Crippen molar-refractivity contribution in [1.29, 1.82) is 0 Å². The van der Waals surface area contributed by atoms with E-state index in [2.05, 4.69) is 29.8 Å². The normalized spacial score (nSPS) is 48.9. The molecule has 0 unspecified atom stereocenters. The second-order valence-electron chi connectivity index (χ2n) is 7.58. The summed E-state index contributed by atoms with van der Waals surface area (Å²) in [6.45, 7) is 4.50. The van der Waals surface area contributed by atoms with Crippen LogP contribution >= 0.6 is 15.9 Å². The van der Waals surface area contributed by atoms with Crippen molar-refractivity contribution in [2.45, 2.75) is 44.4 Å². The maximum atomic E-state index is 11.5. The lowest BCUT2D eigenvalue weighted by molar-refractivity contribution is -0.160. The van der Waals surface area contributed by atoms with Crippen LogP contribution in [0.5, 0.6) is 0 Å². The van der Waals surface area contributed by atoms with Gasteiger partial charge in [-0.05, 0) is 48.3 Å². The van der Waals surface area contributed by atoms with Gasteiger partial charge in [-0.25, -0.2) is 0 Å². The van der Waals surface area contributed by atoms with Gasteiger partial charge in [0.1, 0.15) is 0 Å². The fourth-order valence-corrected chi connectivity index (χ4v) is 6.47. The van der Waals surface area contributed by atoms with Crippen LogP contribution in [0, 0.1) is 34.5 Å². The highest BCUT2D eigenvalue weighted by molar-refractivity contribution is 9.09. The van der Waals surface area contributed by atoms with Gasteiger partial charge in [-0.3, -0.25) is 9.59 Å². The molecule has 0 heterocycles. The molecule has 4 nitrogen and oxygen atoms in total. The Morgan fingerprint density at radius 1 is 1.00 bits per heavy atom. The van der Waals surface area contributed by atoms with Crippen LogP contribution in [0.25, 0.3) is 0 Å². The van der Waals surface area contributed by atoms with Crippen molar-refractivity contribution in [2.75, 3.05) is 0 Å². The highest BCUT2D eigenvalue weighted by Gasteiger charge is 2.68. The first kappa shape index (κ1) is 14.4. The van der Waals surface area contributed by atoms with Gasteiger partial charge in [0.15, 0.2) is 0 Å². The molecule has 0 aromatic carbocycles. The highest BCUT2D eigenvalue weighted by atomic mass is 79.9. The number of hydrogen-bond acceptors (Lipinski definition) is 2. The third-order valence-corrected chi connectivity index (χ3v) is 8.57. The summed E-state index contributed by atoms with van der Waals surface area (Å²) in [6.07, 6.45) is 3.16. The van der Waals surface area contributed by atoms with Crippen LogP contribution in [0.4, 0.5) is 0 Å². The summed E-state index contributed by atoms with van der Waals surface area (Å²) >= 11 is 3.84. The van der Waals surface area contributed by atoms with Gasteiger partial charge in [-0.15, -0.1) is 0 Å². The van der Waals surface area contributed by atoms with Gasteiger partial charge in [-0.1, -0.05) is 29.8 Å². The van der Waals surface area contributed by atoms with Crippen molar-refractivity contribution >= 4 is 27.9 Å². The Bertz CT molecular complexity index is 474. The summed E-state index contributed by atoms with van der Waals surface area (Å²) in [5.74, 6) is -2.40. The quantitative estimate of drug-likeness (QED) is 0.755. The van der Waals surface area contributed by atoms with E-state index in [4.69, 9.17) is 0 Å². The number of carboxylic acid groups (broad SMARTS) is 2. The topological polar surface area (TPSA) is 74.6 Å². The lowest BCUT2D eigenvalue weighted by atomic mass is 9.56. The van der Waals surface area contributed by atoms with Crippen molar-refractivity contribution in [3.63, 3.8) is 0 Å². The molecule has 3 saturated carbocycles. The van der Waals surface area contributed by atoms with Gasteiger partial charge in [0, 0.05) is 4.83 Å². The van der Waals surface area contributed by atoms with Crippen LogP contribution in [0.15, 0.2) is 0 Å². The molecule has 0 radical (unpaired) electrons. The molecule has 0 aromatic rings. The van der Waals surface area contributed by atoms with Gasteiger partial charge >= 0.3 is 11.9 Å². The molecular weight excluding hydrogens is 324 g/mol. The molecule has 1 spiro atoms. The molecule has 2 N–H and O–H groups in total. The molecule has 0 aromatic heterocycles. The zero-order valence-electron chi connectivity index (χ0n) is 11.8. The number of aliphatic carboxylic acids is 2. The van der Waals surface area contributed by atoms with E-state index < -0.39 is 23.8 Å². The SMILES string of the molecule is CC1(C)[C@@H]2C[C@@H]3C[C@H](C(=O)O)[C@H](C(=O)O)C[C@@]3(C2)[C@@H]1Br. The van der Waals surface area contributed by atoms with E-state index >= 15 is 0 Å². The molecular formula is C15H21BrO4. The Hall–Kier alpha value is -0.580. The van der Waals surface area contributed by atoms with E-state index in [0.717, 1.165) is 12.8 Å². The number of fused-ring (bicyclic) bond motifs is 1. The first-order valence-electron chi connectivity index (χ1n) is 7.30. The zero-order chi connectivity index (χ0) is 14.9. The molecule has 3 rings (SSSR count). The Morgan fingerprint density at radius 3 is 2.10 bits per heavy atom. The molecule has 0 saturated heterocycles. The van der Waals surface area contributed by atoms with Gasteiger partial charge in [0.2, 0.25) is 0 Å². The molecule has 3 aliphatic rings. The predicted octanol–water partition coefficient (Wildman–Crippen LogP) is 3.00. The number of alkyl halides is 1. The first-order valence-corrected chi connectivity index (χ1v) is 8.21. The van der Waals surface area contributed by atoms with Gasteiger partial charge in [0.05, 0.1) is 11.8 Å². The summed E-state index contributed by atoms with van der Waals surface area (Å²) in [5.41, 5.74) is 0.165. The number of carboxylic acids is 2. The van der Waals surface area contributed by atoms with Crippen LogP contribution in [-0.2, 0) is 9.59 Å². The van der Waals surface area contributed by atoms with Gasteiger partial charge in [-0.2, -0.15) is 0 Å². The van der Waals surface area contributed by atoms with Crippen molar-refractivity contribution in [3.8, 4) is 0 Å². The average Bonchev–Trinajstić information content (AvgIpc) is 2.82. The summed E-state index contributed by atoms with van der Waals surface area (Å²) < 4.78 is 0. The summed E-state index contributed by atoms with van der Waals surface area (Å²) in [6, 6.07) is 0. The lowest BCUT2D eigenvalue weighted by Crippen LogP contribution is -2.51. The van der Waals surface area contributed by atoms with E-state index in [1.165, 1.54) is 0 Å². The second kappa shape index (κ2) is 4.21. The largest absolute Gasteiger partial charge is 0.481 e. The number of carbonyl (C=O) groups is 2. The Balaban J connectivity index is 1.96. The lowest BCUT2D eigenvalue weighted by Gasteiger charge is -2.51. The fourth-order valence-electron chi connectivity index (χ4n) is 5.35. The number of hydrogen-bond donors (Lipinski definition) is 2. The van der Waals surface area contributed by atoms with E-state index in [0.29, 0.717) is 29.5 Å². The number of halogens is 1. The molecule has 3 fully saturated rings. The summed E-state index contributed by atoms with van der Waals surface area (Å²) in [4.78, 5) is 23.2. The van der Waals surface area contributed by atoms with Crippen LogP contribution < -0.4 is 0 Å². The minimum atomic E-state index is -0.946. The molecule has 112 valence electrons. The molecule has 0 aliphatic heterocycles. The van der Waals surface area contributed by atoms with Crippen LogP contribution in [0.1, 0.15) is 39.5 Å². The molecule has 2 bridgehead atoms. The molecule has 3 aliphatic carbocycles. The van der Waals surface area contributed by atoms with Crippen LogP contribution in [0.3, 0.4) is 0 Å². The minimum Gasteiger partial charge on any atom is -0.481 e. The number of rotatable bonds is 2. The third kappa shape index (κ3) is 1.65. The van der Waals surface area contributed by atoms with Crippen molar-refractivity contribution in [3.05, 3.63) is 0 Å². The summed E-state index contributed by atoms with van der Waals surface area (Å²) in [5, 5.41) is 18.8.